The lowest BCUT2D eigenvalue weighted by molar-refractivity contribution is -0.132. The normalized spacial score (nSPS) is 11.9. The van der Waals surface area contributed by atoms with Crippen LogP contribution in [0.3, 0.4) is 0 Å². The van der Waals surface area contributed by atoms with Gasteiger partial charge in [0.1, 0.15) is 0 Å². The minimum Gasteiger partial charge on any atom is -0.478 e. The van der Waals surface area contributed by atoms with Crippen molar-refractivity contribution in [2.45, 2.75) is 17.7 Å². The zero-order valence-electron chi connectivity index (χ0n) is 9.92. The second kappa shape index (κ2) is 6.02. The molecule has 0 fully saturated rings. The molecule has 2 rings (SSSR count). The lowest BCUT2D eigenvalue weighted by Crippen LogP contribution is -1.95. The third-order valence-corrected chi connectivity index (χ3v) is 4.62. The molecule has 5 heteroatoms. The summed E-state index contributed by atoms with van der Waals surface area (Å²) >= 11 is 3.35. The molecule has 1 aromatic heterocycles. The maximum Gasteiger partial charge on any atom is 0.330 e. The fourth-order valence-electron chi connectivity index (χ4n) is 1.42. The van der Waals surface area contributed by atoms with E-state index in [0.29, 0.717) is 5.57 Å². The number of thiazole rings is 1. The van der Waals surface area contributed by atoms with Crippen LogP contribution in [0.15, 0.2) is 40.3 Å². The Morgan fingerprint density at radius 2 is 2.28 bits per heavy atom. The van der Waals surface area contributed by atoms with Crippen LogP contribution in [0.1, 0.15) is 13.3 Å². The van der Waals surface area contributed by atoms with Gasteiger partial charge in [-0.3, -0.25) is 0 Å². The van der Waals surface area contributed by atoms with E-state index >= 15 is 0 Å². The number of aliphatic carboxylic acids is 1. The first-order valence-electron chi connectivity index (χ1n) is 5.55. The fraction of sp³-hybridized carbons (Fsp3) is 0.231. The van der Waals surface area contributed by atoms with E-state index in [0.717, 1.165) is 22.0 Å². The maximum absolute atomic E-state index is 10.6. The molecule has 0 atom stereocenters. The van der Waals surface area contributed by atoms with Crippen LogP contribution in [0.2, 0.25) is 0 Å². The van der Waals surface area contributed by atoms with Gasteiger partial charge in [0.05, 0.1) is 10.2 Å². The molecule has 1 heterocycles. The maximum atomic E-state index is 10.6. The number of hydrogen-bond acceptors (Lipinski definition) is 4. The van der Waals surface area contributed by atoms with Crippen molar-refractivity contribution in [2.24, 2.45) is 0 Å². The summed E-state index contributed by atoms with van der Waals surface area (Å²) in [5.41, 5.74) is 1.43. The lowest BCUT2D eigenvalue weighted by atomic mass is 10.2. The standard InChI is InChI=1S/C13H13NO2S2/c1-9(12(15)16)5-4-8-17-13-14-10-6-2-3-7-11(10)18-13/h2-3,5-7H,4,8H2,1H3,(H,15,16). The van der Waals surface area contributed by atoms with Gasteiger partial charge in [0.2, 0.25) is 0 Å². The van der Waals surface area contributed by atoms with Gasteiger partial charge >= 0.3 is 5.97 Å². The molecule has 0 unspecified atom stereocenters. The Labute approximate surface area is 114 Å². The monoisotopic (exact) mass is 279 g/mol. The minimum absolute atomic E-state index is 0.403. The minimum atomic E-state index is -0.847. The van der Waals surface area contributed by atoms with Crippen LogP contribution < -0.4 is 0 Å². The van der Waals surface area contributed by atoms with Crippen LogP contribution in [-0.2, 0) is 4.79 Å². The molecular weight excluding hydrogens is 266 g/mol. The summed E-state index contributed by atoms with van der Waals surface area (Å²) in [6.45, 7) is 1.62. The van der Waals surface area contributed by atoms with Gasteiger partial charge in [0, 0.05) is 11.3 Å². The Kier molecular flexibility index (Phi) is 4.38. The van der Waals surface area contributed by atoms with Gasteiger partial charge < -0.3 is 5.11 Å². The van der Waals surface area contributed by atoms with E-state index in [4.69, 9.17) is 5.11 Å². The highest BCUT2D eigenvalue weighted by molar-refractivity contribution is 8.01. The first-order valence-corrected chi connectivity index (χ1v) is 7.35. The Hall–Kier alpha value is -1.33. The van der Waals surface area contributed by atoms with E-state index in [-0.39, 0.29) is 0 Å². The Balaban J connectivity index is 1.91. The molecule has 3 nitrogen and oxygen atoms in total. The van der Waals surface area contributed by atoms with E-state index in [9.17, 15) is 4.79 Å². The predicted octanol–water partition coefficient (Wildman–Crippen LogP) is 3.81. The van der Waals surface area contributed by atoms with Gasteiger partial charge in [0.25, 0.3) is 0 Å². The average molecular weight is 279 g/mol. The summed E-state index contributed by atoms with van der Waals surface area (Å²) < 4.78 is 2.23. The summed E-state index contributed by atoms with van der Waals surface area (Å²) in [6, 6.07) is 8.05. The van der Waals surface area contributed by atoms with Crippen molar-refractivity contribution < 1.29 is 9.90 Å². The first kappa shape index (κ1) is 13.1. The number of allylic oxidation sites excluding steroid dienone is 1. The average Bonchev–Trinajstić information content (AvgIpc) is 2.76. The van der Waals surface area contributed by atoms with Crippen LogP contribution >= 0.6 is 23.1 Å². The highest BCUT2D eigenvalue weighted by Crippen LogP contribution is 2.29. The van der Waals surface area contributed by atoms with E-state index in [1.165, 1.54) is 4.70 Å². The molecule has 0 aliphatic rings. The first-order chi connectivity index (χ1) is 8.66. The molecule has 0 saturated carbocycles. The number of fused-ring (bicyclic) bond motifs is 1. The van der Waals surface area contributed by atoms with Crippen molar-refractivity contribution >= 4 is 39.3 Å². The van der Waals surface area contributed by atoms with E-state index in [1.54, 1.807) is 36.1 Å². The molecule has 18 heavy (non-hydrogen) atoms. The van der Waals surface area contributed by atoms with Crippen molar-refractivity contribution in [1.29, 1.82) is 0 Å². The predicted molar refractivity (Wildman–Crippen MR) is 76.4 cm³/mol. The Bertz CT molecular complexity index is 556. The number of carbonyl (C=O) groups is 1. The van der Waals surface area contributed by atoms with Gasteiger partial charge in [-0.15, -0.1) is 11.3 Å². The summed E-state index contributed by atoms with van der Waals surface area (Å²) in [5.74, 6) is 0.00439. The van der Waals surface area contributed by atoms with Crippen molar-refractivity contribution in [3.8, 4) is 0 Å². The number of benzene rings is 1. The Morgan fingerprint density at radius 1 is 1.50 bits per heavy atom. The zero-order valence-corrected chi connectivity index (χ0v) is 11.6. The number of thioether (sulfide) groups is 1. The second-order valence-corrected chi connectivity index (χ2v) is 6.15. The SMILES string of the molecule is CC(=CCCSc1nc2ccccc2s1)C(=O)O. The smallest absolute Gasteiger partial charge is 0.330 e. The van der Waals surface area contributed by atoms with Crippen LogP contribution in [-0.4, -0.2) is 21.8 Å². The van der Waals surface area contributed by atoms with Crippen molar-refractivity contribution in [1.82, 2.24) is 4.98 Å². The third-order valence-electron chi connectivity index (χ3n) is 2.41. The van der Waals surface area contributed by atoms with Crippen LogP contribution in [0.25, 0.3) is 10.2 Å². The summed E-state index contributed by atoms with van der Waals surface area (Å²) in [7, 11) is 0. The molecule has 0 saturated heterocycles. The number of rotatable bonds is 5. The molecule has 1 N–H and O–H groups in total. The van der Waals surface area contributed by atoms with Crippen molar-refractivity contribution in [3.63, 3.8) is 0 Å². The number of hydrogen-bond donors (Lipinski definition) is 1. The topological polar surface area (TPSA) is 50.2 Å². The highest BCUT2D eigenvalue weighted by atomic mass is 32.2. The van der Waals surface area contributed by atoms with E-state index in [1.807, 2.05) is 18.2 Å². The van der Waals surface area contributed by atoms with Gasteiger partial charge in [-0.2, -0.15) is 0 Å². The molecule has 0 spiro atoms. The number of nitrogens with zero attached hydrogens (tertiary/aromatic N) is 1. The van der Waals surface area contributed by atoms with Crippen LogP contribution in [0.5, 0.6) is 0 Å². The largest absolute Gasteiger partial charge is 0.478 e. The van der Waals surface area contributed by atoms with Gasteiger partial charge in [-0.1, -0.05) is 30.0 Å². The molecule has 0 aliphatic carbocycles. The number of carboxylic acid groups (broad SMARTS) is 1. The number of carboxylic acids is 1. The highest BCUT2D eigenvalue weighted by Gasteiger charge is 2.03. The van der Waals surface area contributed by atoms with Crippen LogP contribution in [0.4, 0.5) is 0 Å². The second-order valence-electron chi connectivity index (χ2n) is 3.78. The molecule has 0 aliphatic heterocycles. The van der Waals surface area contributed by atoms with Gasteiger partial charge in [-0.05, 0) is 25.5 Å². The van der Waals surface area contributed by atoms with Crippen molar-refractivity contribution in [2.75, 3.05) is 5.75 Å². The zero-order chi connectivity index (χ0) is 13.0. The molecule has 0 amide bonds. The molecule has 1 aromatic carbocycles. The summed E-state index contributed by atoms with van der Waals surface area (Å²) in [6.07, 6.45) is 2.50. The molecule has 0 bridgehead atoms. The molecule has 94 valence electrons. The van der Waals surface area contributed by atoms with Crippen LogP contribution in [0, 0.1) is 0 Å². The third kappa shape index (κ3) is 3.34. The van der Waals surface area contributed by atoms with E-state index < -0.39 is 5.97 Å². The Morgan fingerprint density at radius 3 is 3.00 bits per heavy atom. The molecule has 0 radical (unpaired) electrons. The van der Waals surface area contributed by atoms with Gasteiger partial charge in [0.15, 0.2) is 4.34 Å². The number of aromatic nitrogens is 1. The fourth-order valence-corrected chi connectivity index (χ4v) is 3.45. The lowest BCUT2D eigenvalue weighted by Gasteiger charge is -1.94. The molecular formula is C13H13NO2S2. The summed E-state index contributed by atoms with van der Waals surface area (Å²) in [4.78, 5) is 15.1. The quantitative estimate of drug-likeness (QED) is 0.513. The summed E-state index contributed by atoms with van der Waals surface area (Å²) in [5, 5.41) is 8.71. The van der Waals surface area contributed by atoms with Gasteiger partial charge in [-0.25, -0.2) is 9.78 Å². The van der Waals surface area contributed by atoms with Crippen molar-refractivity contribution in [3.05, 3.63) is 35.9 Å². The molecule has 2 aromatic rings. The number of para-hydroxylation sites is 1. The van der Waals surface area contributed by atoms with E-state index in [2.05, 4.69) is 11.1 Å².